The van der Waals surface area contributed by atoms with Gasteiger partial charge in [0.25, 0.3) is 0 Å². The molecule has 0 saturated carbocycles. The summed E-state index contributed by atoms with van der Waals surface area (Å²) in [5, 5.41) is 2.92. The fourth-order valence-electron chi connectivity index (χ4n) is 3.81. The largest absolute Gasteiger partial charge is 0.490 e. The SMILES string of the molecule is CCCCC(=O)NCC(C)(C)SSCOC1C[C@H](n2cnc3c(N)ncnc32)O[C@@H]1COP(=O)(O)OP(=O)(O)OP(=O)(O)O. The molecular formula is C20H35N6O13P3S2. The van der Waals surface area contributed by atoms with E-state index in [1.807, 2.05) is 20.8 Å². The Morgan fingerprint density at radius 3 is 2.59 bits per heavy atom. The summed E-state index contributed by atoms with van der Waals surface area (Å²) >= 11 is 0. The van der Waals surface area contributed by atoms with Crippen LogP contribution < -0.4 is 11.1 Å². The van der Waals surface area contributed by atoms with Crippen molar-refractivity contribution in [2.75, 3.05) is 24.8 Å². The van der Waals surface area contributed by atoms with E-state index in [-0.39, 0.29) is 28.8 Å². The van der Waals surface area contributed by atoms with Crippen LogP contribution in [0, 0.1) is 0 Å². The van der Waals surface area contributed by atoms with E-state index in [0.29, 0.717) is 24.1 Å². The molecule has 0 aliphatic carbocycles. The normalized spacial score (nSPS) is 22.1. The van der Waals surface area contributed by atoms with E-state index < -0.39 is 48.5 Å². The van der Waals surface area contributed by atoms with Gasteiger partial charge in [-0.05, 0) is 20.3 Å². The predicted molar refractivity (Wildman–Crippen MR) is 160 cm³/mol. The number of imidazole rings is 1. The van der Waals surface area contributed by atoms with E-state index in [2.05, 4.69) is 28.9 Å². The van der Waals surface area contributed by atoms with E-state index in [4.69, 9.17) is 29.5 Å². The van der Waals surface area contributed by atoms with Crippen molar-refractivity contribution in [3.8, 4) is 0 Å². The van der Waals surface area contributed by atoms with Crippen LogP contribution in [0.2, 0.25) is 0 Å². The topological polar surface area (TPSA) is 277 Å². The third kappa shape index (κ3) is 11.9. The molecule has 3 unspecified atom stereocenters. The molecule has 0 spiro atoms. The van der Waals surface area contributed by atoms with E-state index in [1.165, 1.54) is 34.2 Å². The van der Waals surface area contributed by atoms with Gasteiger partial charge < -0.3 is 40.1 Å². The highest BCUT2D eigenvalue weighted by atomic mass is 33.1. The Labute approximate surface area is 260 Å². The second-order valence-electron chi connectivity index (χ2n) is 10.00. The number of carbonyl (C=O) groups is 1. The maximum Gasteiger partial charge on any atom is 0.490 e. The van der Waals surface area contributed by atoms with Gasteiger partial charge in [-0.15, -0.1) is 0 Å². The van der Waals surface area contributed by atoms with Crippen LogP contribution in [0.25, 0.3) is 11.2 Å². The van der Waals surface area contributed by atoms with Crippen molar-refractivity contribution in [3.05, 3.63) is 12.7 Å². The number of aromatic nitrogens is 4. The lowest BCUT2D eigenvalue weighted by molar-refractivity contribution is -0.121. The third-order valence-corrected chi connectivity index (χ3v) is 12.5. The zero-order valence-electron chi connectivity index (χ0n) is 23.8. The summed E-state index contributed by atoms with van der Waals surface area (Å²) in [4.78, 5) is 61.0. The molecule has 24 heteroatoms. The Morgan fingerprint density at radius 1 is 1.18 bits per heavy atom. The van der Waals surface area contributed by atoms with E-state index in [0.717, 1.165) is 12.8 Å². The molecule has 1 fully saturated rings. The highest BCUT2D eigenvalue weighted by Gasteiger charge is 2.43. The molecule has 44 heavy (non-hydrogen) atoms. The molecule has 1 aliphatic heterocycles. The quantitative estimate of drug-likeness (QED) is 0.0558. The van der Waals surface area contributed by atoms with Gasteiger partial charge >= 0.3 is 23.5 Å². The third-order valence-electron chi connectivity index (χ3n) is 5.78. The van der Waals surface area contributed by atoms with Gasteiger partial charge in [0.05, 0.1) is 19.0 Å². The number of phosphoric acid groups is 3. The molecule has 0 aromatic carbocycles. The van der Waals surface area contributed by atoms with Gasteiger partial charge in [0, 0.05) is 24.1 Å². The molecule has 2 aromatic rings. The number of nitrogens with zero attached hydrogens (tertiary/aromatic N) is 4. The number of hydrogen-bond donors (Lipinski definition) is 6. The summed E-state index contributed by atoms with van der Waals surface area (Å²) in [7, 11) is -13.8. The number of nitrogens with two attached hydrogens (primary N) is 1. The van der Waals surface area contributed by atoms with E-state index in [1.54, 1.807) is 4.57 Å². The summed E-state index contributed by atoms with van der Waals surface area (Å²) in [5.74, 6) is 0.250. The van der Waals surface area contributed by atoms with Gasteiger partial charge in [-0.25, -0.2) is 28.6 Å². The Morgan fingerprint density at radius 2 is 1.91 bits per heavy atom. The average molecular weight is 725 g/mol. The number of unbranched alkanes of at least 4 members (excludes halogenated alkanes) is 1. The van der Waals surface area contributed by atoms with E-state index in [9.17, 15) is 28.3 Å². The molecule has 7 N–H and O–H groups in total. The molecule has 3 heterocycles. The van der Waals surface area contributed by atoms with Crippen LogP contribution in [-0.2, 0) is 41.1 Å². The van der Waals surface area contributed by atoms with Crippen LogP contribution in [0.4, 0.5) is 5.82 Å². The van der Waals surface area contributed by atoms with Gasteiger partial charge in [-0.2, -0.15) is 8.62 Å². The zero-order valence-corrected chi connectivity index (χ0v) is 28.1. The minimum atomic E-state index is -5.70. The van der Waals surface area contributed by atoms with Gasteiger partial charge in [-0.3, -0.25) is 13.9 Å². The number of rotatable bonds is 18. The number of hydrogen-bond acceptors (Lipinski definition) is 15. The molecule has 1 aliphatic rings. The van der Waals surface area contributed by atoms with Crippen LogP contribution in [-0.4, -0.2) is 81.0 Å². The lowest BCUT2D eigenvalue weighted by Crippen LogP contribution is -2.35. The van der Waals surface area contributed by atoms with Crippen molar-refractivity contribution >= 4 is 67.9 Å². The summed E-state index contributed by atoms with van der Waals surface area (Å²) in [5.41, 5.74) is 6.54. The van der Waals surface area contributed by atoms with Gasteiger partial charge in [0.1, 0.15) is 30.1 Å². The number of fused-ring (bicyclic) bond motifs is 1. The number of carbonyl (C=O) groups excluding carboxylic acids is 1. The van der Waals surface area contributed by atoms with Crippen molar-refractivity contribution in [1.82, 2.24) is 24.8 Å². The lowest BCUT2D eigenvalue weighted by Gasteiger charge is -2.24. The van der Waals surface area contributed by atoms with Gasteiger partial charge in [0.2, 0.25) is 5.91 Å². The molecule has 0 bridgehead atoms. The summed E-state index contributed by atoms with van der Waals surface area (Å²) < 4.78 is 60.4. The van der Waals surface area contributed by atoms with Crippen LogP contribution in [0.1, 0.15) is 52.7 Å². The van der Waals surface area contributed by atoms with Gasteiger partial charge in [0.15, 0.2) is 11.5 Å². The lowest BCUT2D eigenvalue weighted by atomic mass is 10.2. The van der Waals surface area contributed by atoms with Crippen molar-refractivity contribution in [3.63, 3.8) is 0 Å². The first-order valence-electron chi connectivity index (χ1n) is 13.0. The molecule has 250 valence electrons. The number of nitrogen functional groups attached to an aromatic ring is 1. The zero-order chi connectivity index (χ0) is 32.8. The number of phosphoric ester groups is 1. The van der Waals surface area contributed by atoms with Crippen molar-refractivity contribution in [2.45, 2.75) is 69.6 Å². The minimum Gasteiger partial charge on any atom is -0.382 e. The molecule has 19 nitrogen and oxygen atoms in total. The number of amides is 1. The number of ether oxygens (including phenoxy) is 2. The average Bonchev–Trinajstić information content (AvgIpc) is 3.50. The first-order chi connectivity index (χ1) is 20.4. The van der Waals surface area contributed by atoms with Crippen molar-refractivity contribution in [2.24, 2.45) is 0 Å². The van der Waals surface area contributed by atoms with Gasteiger partial charge in [-0.1, -0.05) is 34.9 Å². The second-order valence-corrected chi connectivity index (χ2v) is 17.4. The van der Waals surface area contributed by atoms with Crippen LogP contribution in [0.3, 0.4) is 0 Å². The second kappa shape index (κ2) is 15.6. The maximum absolute atomic E-state index is 12.3. The number of nitrogens with one attached hydrogen (secondary N) is 1. The monoisotopic (exact) mass is 724 g/mol. The molecule has 5 atom stereocenters. The van der Waals surface area contributed by atoms with Crippen molar-refractivity contribution < 1.29 is 60.7 Å². The molecule has 1 amide bonds. The maximum atomic E-state index is 12.3. The fraction of sp³-hybridized carbons (Fsp3) is 0.700. The Balaban J connectivity index is 1.64. The summed E-state index contributed by atoms with van der Waals surface area (Å²) in [6, 6.07) is 0. The summed E-state index contributed by atoms with van der Waals surface area (Å²) in [6.07, 6.45) is 2.48. The molecule has 0 radical (unpaired) electrons. The Bertz CT molecular complexity index is 1430. The minimum absolute atomic E-state index is 0.0196. The highest BCUT2D eigenvalue weighted by Crippen LogP contribution is 2.66. The van der Waals surface area contributed by atoms with Crippen LogP contribution in [0.5, 0.6) is 0 Å². The first kappa shape index (κ1) is 37.3. The molecule has 3 rings (SSSR count). The van der Waals surface area contributed by atoms with E-state index >= 15 is 0 Å². The Kier molecular flexibility index (Phi) is 13.3. The molecule has 1 saturated heterocycles. The number of anilines is 1. The van der Waals surface area contributed by atoms with Crippen LogP contribution in [0.15, 0.2) is 12.7 Å². The van der Waals surface area contributed by atoms with Crippen molar-refractivity contribution in [1.29, 1.82) is 0 Å². The predicted octanol–water partition coefficient (Wildman–Crippen LogP) is 2.85. The smallest absolute Gasteiger partial charge is 0.382 e. The Hall–Kier alpha value is -1.15. The molecule has 2 aromatic heterocycles. The highest BCUT2D eigenvalue weighted by molar-refractivity contribution is 8.77. The summed E-state index contributed by atoms with van der Waals surface area (Å²) in [6.45, 7) is 5.66. The fourth-order valence-corrected chi connectivity index (χ4v) is 9.02. The first-order valence-corrected chi connectivity index (χ1v) is 19.8. The molecular weight excluding hydrogens is 689 g/mol. The van der Waals surface area contributed by atoms with Crippen LogP contribution >= 0.6 is 45.1 Å². The standard InChI is InChI=1S/C20H35N6O13P3S2/c1-4-5-6-15(27)22-9-20(2,3)44-43-12-35-13-7-16(26-11-25-17-18(21)23-10-24-19(17)26)37-14(13)8-36-41(31,32)39-42(33,34)38-40(28,29)30/h10-11,13-14,16H,4-9,12H2,1-3H3,(H,22,27)(H,31,32)(H,33,34)(H2,21,23,24)(H2,28,29,30)/t13?,14-,16-/m1/s1.